The van der Waals surface area contributed by atoms with Crippen molar-refractivity contribution in [2.45, 2.75) is 25.3 Å². The van der Waals surface area contributed by atoms with Gasteiger partial charge in [-0.05, 0) is 25.9 Å². The first-order valence-electron chi connectivity index (χ1n) is 14.4. The van der Waals surface area contributed by atoms with E-state index in [1.54, 1.807) is 0 Å². The molecule has 0 unspecified atom stereocenters. The summed E-state index contributed by atoms with van der Waals surface area (Å²) in [6, 6.07) is -0.356. The summed E-state index contributed by atoms with van der Waals surface area (Å²) >= 11 is 0. The second-order valence-corrected chi connectivity index (χ2v) is 9.92. The van der Waals surface area contributed by atoms with Crippen LogP contribution in [0.15, 0.2) is 24.3 Å². The van der Waals surface area contributed by atoms with Crippen LogP contribution in [0.1, 0.15) is 19.3 Å². The molecule has 0 bridgehead atoms. The number of piperidine rings is 1. The predicted molar refractivity (Wildman–Crippen MR) is 146 cm³/mol. The van der Waals surface area contributed by atoms with Crippen LogP contribution < -0.4 is 0 Å². The number of ether oxygens (including phenoxy) is 6. The van der Waals surface area contributed by atoms with Gasteiger partial charge in [0, 0.05) is 63.6 Å². The van der Waals surface area contributed by atoms with Gasteiger partial charge in [0.1, 0.15) is 26.4 Å². The van der Waals surface area contributed by atoms with Gasteiger partial charge < -0.3 is 28.4 Å². The van der Waals surface area contributed by atoms with Gasteiger partial charge in [0.25, 0.3) is 0 Å². The SMILES string of the molecule is O=C(/C=C/C(=O)OCC(COC(=O)/C=C/C(=O)OCCN1CCOCC1)N1CCCCC1)OCCN1CCOCC1. The van der Waals surface area contributed by atoms with Gasteiger partial charge in [-0.2, -0.15) is 0 Å². The lowest BCUT2D eigenvalue weighted by atomic mass is 10.1. The largest absolute Gasteiger partial charge is 0.461 e. The van der Waals surface area contributed by atoms with Gasteiger partial charge in [0.05, 0.1) is 32.5 Å². The molecule has 0 atom stereocenters. The van der Waals surface area contributed by atoms with Gasteiger partial charge in [0.15, 0.2) is 0 Å². The van der Waals surface area contributed by atoms with Gasteiger partial charge in [-0.25, -0.2) is 19.2 Å². The molecule has 0 aromatic carbocycles. The number of likely N-dealkylation sites (tertiary alicyclic amines) is 1. The fourth-order valence-electron chi connectivity index (χ4n) is 4.56. The first-order valence-corrected chi connectivity index (χ1v) is 14.4. The summed E-state index contributed by atoms with van der Waals surface area (Å²) in [7, 11) is 0. The Labute approximate surface area is 241 Å². The molecule has 3 rings (SSSR count). The zero-order chi connectivity index (χ0) is 29.1. The zero-order valence-electron chi connectivity index (χ0n) is 23.7. The van der Waals surface area contributed by atoms with E-state index < -0.39 is 23.9 Å². The van der Waals surface area contributed by atoms with Gasteiger partial charge in [-0.3, -0.25) is 14.7 Å². The van der Waals surface area contributed by atoms with Crippen LogP contribution in [0.4, 0.5) is 0 Å². The lowest BCUT2D eigenvalue weighted by molar-refractivity contribution is -0.145. The van der Waals surface area contributed by atoms with E-state index in [4.69, 9.17) is 28.4 Å². The molecule has 0 aliphatic carbocycles. The lowest BCUT2D eigenvalue weighted by Crippen LogP contribution is -2.45. The maximum Gasteiger partial charge on any atom is 0.331 e. The highest BCUT2D eigenvalue weighted by Crippen LogP contribution is 2.13. The molecule has 3 saturated heterocycles. The zero-order valence-corrected chi connectivity index (χ0v) is 23.7. The molecule has 0 saturated carbocycles. The van der Waals surface area contributed by atoms with E-state index in [1.807, 2.05) is 0 Å². The predicted octanol–water partition coefficient (Wildman–Crippen LogP) is -0.209. The summed E-state index contributed by atoms with van der Waals surface area (Å²) in [5.41, 5.74) is 0. The minimum absolute atomic E-state index is 0.0180. The van der Waals surface area contributed by atoms with E-state index in [9.17, 15) is 19.2 Å². The molecule has 13 heteroatoms. The molecular weight excluding hydrogens is 538 g/mol. The molecule has 230 valence electrons. The van der Waals surface area contributed by atoms with Gasteiger partial charge in [-0.15, -0.1) is 0 Å². The number of nitrogens with zero attached hydrogens (tertiary/aromatic N) is 3. The highest BCUT2D eigenvalue weighted by molar-refractivity contribution is 5.92. The number of esters is 4. The maximum absolute atomic E-state index is 12.2. The summed E-state index contributed by atoms with van der Waals surface area (Å²) in [6.07, 6.45) is 7.24. The topological polar surface area (TPSA) is 133 Å². The Morgan fingerprint density at radius 2 is 0.951 bits per heavy atom. The summed E-state index contributed by atoms with van der Waals surface area (Å²) < 4.78 is 31.5. The molecule has 0 radical (unpaired) electrons. The summed E-state index contributed by atoms with van der Waals surface area (Å²) in [6.45, 7) is 9.05. The van der Waals surface area contributed by atoms with Crippen LogP contribution in [0.25, 0.3) is 0 Å². The van der Waals surface area contributed by atoms with Crippen LogP contribution in [0.5, 0.6) is 0 Å². The molecule has 3 fully saturated rings. The van der Waals surface area contributed by atoms with Crippen LogP contribution in [0, 0.1) is 0 Å². The quantitative estimate of drug-likeness (QED) is 0.144. The third-order valence-corrected chi connectivity index (χ3v) is 6.97. The van der Waals surface area contributed by atoms with Crippen molar-refractivity contribution in [3.05, 3.63) is 24.3 Å². The molecule has 0 N–H and O–H groups in total. The van der Waals surface area contributed by atoms with Gasteiger partial charge >= 0.3 is 23.9 Å². The lowest BCUT2D eigenvalue weighted by Gasteiger charge is -2.33. The number of hydrogen-bond donors (Lipinski definition) is 0. The van der Waals surface area contributed by atoms with Crippen molar-refractivity contribution in [3.8, 4) is 0 Å². The van der Waals surface area contributed by atoms with Crippen molar-refractivity contribution < 1.29 is 47.6 Å². The molecule has 41 heavy (non-hydrogen) atoms. The highest BCUT2D eigenvalue weighted by atomic mass is 16.6. The summed E-state index contributed by atoms with van der Waals surface area (Å²) in [5, 5.41) is 0. The van der Waals surface area contributed by atoms with Crippen molar-refractivity contribution in [1.29, 1.82) is 0 Å². The number of carbonyl (C=O) groups is 4. The molecule has 0 amide bonds. The average Bonchev–Trinajstić information content (AvgIpc) is 3.00. The van der Waals surface area contributed by atoms with Crippen molar-refractivity contribution >= 4 is 23.9 Å². The first-order chi connectivity index (χ1) is 20.0. The normalized spacial score (nSPS) is 19.4. The molecule has 3 aliphatic rings. The minimum atomic E-state index is -0.691. The third kappa shape index (κ3) is 14.1. The monoisotopic (exact) mass is 581 g/mol. The Morgan fingerprint density at radius 1 is 0.561 bits per heavy atom. The van der Waals surface area contributed by atoms with Crippen molar-refractivity contribution in [2.75, 3.05) is 105 Å². The van der Waals surface area contributed by atoms with Gasteiger partial charge in [0.2, 0.25) is 0 Å². The number of morpholine rings is 2. The smallest absolute Gasteiger partial charge is 0.331 e. The Morgan fingerprint density at radius 3 is 1.37 bits per heavy atom. The molecule has 0 aromatic rings. The van der Waals surface area contributed by atoms with E-state index in [0.29, 0.717) is 39.5 Å². The van der Waals surface area contributed by atoms with Gasteiger partial charge in [-0.1, -0.05) is 6.42 Å². The van der Waals surface area contributed by atoms with Crippen molar-refractivity contribution in [1.82, 2.24) is 14.7 Å². The molecule has 3 aliphatic heterocycles. The number of rotatable bonds is 15. The molecule has 3 heterocycles. The minimum Gasteiger partial charge on any atom is -0.461 e. The van der Waals surface area contributed by atoms with Crippen molar-refractivity contribution in [3.63, 3.8) is 0 Å². The third-order valence-electron chi connectivity index (χ3n) is 6.97. The second kappa shape index (κ2) is 19.3. The molecular formula is C28H43N3O10. The van der Waals surface area contributed by atoms with E-state index in [-0.39, 0.29) is 32.5 Å². The van der Waals surface area contributed by atoms with E-state index in [2.05, 4.69) is 14.7 Å². The number of hydrogen-bond acceptors (Lipinski definition) is 13. The van der Waals surface area contributed by atoms with E-state index in [1.165, 1.54) is 0 Å². The Balaban J connectivity index is 1.34. The Kier molecular flexibility index (Phi) is 15.4. The number of carbonyl (C=O) groups excluding carboxylic acids is 4. The Bertz CT molecular complexity index is 816. The molecule has 0 spiro atoms. The summed E-state index contributed by atoms with van der Waals surface area (Å²) in [4.78, 5) is 54.7. The fraction of sp³-hybridized carbons (Fsp3) is 0.714. The van der Waals surface area contributed by atoms with E-state index >= 15 is 0 Å². The first kappa shape index (κ1) is 32.7. The van der Waals surface area contributed by atoms with Crippen LogP contribution in [0.3, 0.4) is 0 Å². The second-order valence-electron chi connectivity index (χ2n) is 9.92. The van der Waals surface area contributed by atoms with E-state index in [0.717, 1.165) is 82.8 Å². The maximum atomic E-state index is 12.2. The fourth-order valence-corrected chi connectivity index (χ4v) is 4.56. The molecule has 0 aromatic heterocycles. The standard InChI is InChI=1S/C28H43N3O10/c32-25(38-20-14-29-10-16-36-17-11-29)4-6-27(34)40-22-24(31-8-2-1-3-9-31)23-41-28(35)7-5-26(33)39-21-15-30-12-18-37-19-13-30/h4-7,24H,1-3,8-23H2/b6-4+,7-5+. The average molecular weight is 582 g/mol. The van der Waals surface area contributed by atoms with Crippen LogP contribution in [-0.4, -0.2) is 150 Å². The molecule has 13 nitrogen and oxygen atoms in total. The summed E-state index contributed by atoms with van der Waals surface area (Å²) in [5.74, 6) is -2.63. The highest BCUT2D eigenvalue weighted by Gasteiger charge is 2.23. The Hall–Kier alpha value is -2.84. The van der Waals surface area contributed by atoms with Crippen LogP contribution >= 0.6 is 0 Å². The van der Waals surface area contributed by atoms with Crippen LogP contribution in [0.2, 0.25) is 0 Å². The van der Waals surface area contributed by atoms with Crippen molar-refractivity contribution in [2.24, 2.45) is 0 Å². The van der Waals surface area contributed by atoms with Crippen LogP contribution in [-0.2, 0) is 47.6 Å².